The Hall–Kier alpha value is -0.0400. The van der Waals surface area contributed by atoms with Crippen LogP contribution in [0.15, 0.2) is 32.1 Å². The highest BCUT2D eigenvalue weighted by atomic mass is 79.9. The van der Waals surface area contributed by atoms with E-state index in [1.807, 2.05) is 18.2 Å². The minimum Gasteiger partial charge on any atom is -0.381 e. The molecule has 0 radical (unpaired) electrons. The SMILES string of the molecule is Brc1ccc(NC2=NC3(CCOCC3)CS2)c(Br)c1. The molecule has 1 N–H and O–H groups in total. The fourth-order valence-electron chi connectivity index (χ4n) is 2.26. The summed E-state index contributed by atoms with van der Waals surface area (Å²) >= 11 is 8.83. The molecule has 2 aliphatic rings. The first-order valence-corrected chi connectivity index (χ1v) is 8.77. The molecule has 19 heavy (non-hydrogen) atoms. The Balaban J connectivity index is 1.75. The number of rotatable bonds is 1. The van der Waals surface area contributed by atoms with Gasteiger partial charge in [-0.2, -0.15) is 0 Å². The second kappa shape index (κ2) is 5.76. The van der Waals surface area contributed by atoms with E-state index in [0.717, 1.165) is 51.6 Å². The molecule has 0 unspecified atom stereocenters. The fraction of sp³-hybridized carbons (Fsp3) is 0.462. The summed E-state index contributed by atoms with van der Waals surface area (Å²) in [6.45, 7) is 1.67. The van der Waals surface area contributed by atoms with Gasteiger partial charge in [0, 0.05) is 27.9 Å². The van der Waals surface area contributed by atoms with E-state index >= 15 is 0 Å². The lowest BCUT2D eigenvalue weighted by molar-refractivity contribution is 0.0624. The summed E-state index contributed by atoms with van der Waals surface area (Å²) < 4.78 is 7.53. The van der Waals surface area contributed by atoms with Crippen LogP contribution in [-0.2, 0) is 4.74 Å². The third kappa shape index (κ3) is 3.17. The summed E-state index contributed by atoms with van der Waals surface area (Å²) in [5, 5.41) is 4.43. The Morgan fingerprint density at radius 1 is 1.26 bits per heavy atom. The molecular formula is C13H14Br2N2OS. The molecule has 6 heteroatoms. The number of ether oxygens (including phenoxy) is 1. The minimum atomic E-state index is 0.104. The van der Waals surface area contributed by atoms with Gasteiger partial charge >= 0.3 is 0 Å². The highest BCUT2D eigenvalue weighted by molar-refractivity contribution is 9.11. The van der Waals surface area contributed by atoms with E-state index in [-0.39, 0.29) is 5.54 Å². The van der Waals surface area contributed by atoms with Crippen molar-refractivity contribution in [1.82, 2.24) is 0 Å². The van der Waals surface area contributed by atoms with Crippen LogP contribution in [0.25, 0.3) is 0 Å². The van der Waals surface area contributed by atoms with Crippen LogP contribution in [0, 0.1) is 0 Å². The first-order chi connectivity index (χ1) is 9.17. The number of hydrogen-bond donors (Lipinski definition) is 1. The summed E-state index contributed by atoms with van der Waals surface area (Å²) in [5.41, 5.74) is 1.16. The first kappa shape index (κ1) is 13.9. The van der Waals surface area contributed by atoms with Crippen molar-refractivity contribution < 1.29 is 4.74 Å². The van der Waals surface area contributed by atoms with Crippen molar-refractivity contribution in [2.24, 2.45) is 4.99 Å². The highest BCUT2D eigenvalue weighted by Crippen LogP contribution is 2.37. The van der Waals surface area contributed by atoms with Gasteiger partial charge in [-0.15, -0.1) is 0 Å². The Morgan fingerprint density at radius 3 is 2.79 bits per heavy atom. The van der Waals surface area contributed by atoms with Crippen LogP contribution in [-0.4, -0.2) is 29.7 Å². The van der Waals surface area contributed by atoms with E-state index in [9.17, 15) is 0 Å². The molecule has 1 spiro atoms. The van der Waals surface area contributed by atoms with Gasteiger partial charge in [0.15, 0.2) is 5.17 Å². The lowest BCUT2D eigenvalue weighted by Crippen LogP contribution is -2.34. The van der Waals surface area contributed by atoms with Crippen LogP contribution in [0.5, 0.6) is 0 Å². The standard InChI is InChI=1S/C13H14Br2N2OS/c14-9-1-2-11(10(15)7-9)16-12-17-13(8-19-12)3-5-18-6-4-13/h1-2,7H,3-6,8H2,(H,16,17). The second-order valence-electron chi connectivity index (χ2n) is 4.79. The Bertz CT molecular complexity index is 515. The molecule has 1 saturated heterocycles. The van der Waals surface area contributed by atoms with Crippen LogP contribution in [0.1, 0.15) is 12.8 Å². The van der Waals surface area contributed by atoms with Crippen LogP contribution in [0.3, 0.4) is 0 Å². The zero-order valence-electron chi connectivity index (χ0n) is 10.3. The van der Waals surface area contributed by atoms with E-state index in [0.29, 0.717) is 0 Å². The molecule has 3 nitrogen and oxygen atoms in total. The smallest absolute Gasteiger partial charge is 0.161 e. The number of benzene rings is 1. The van der Waals surface area contributed by atoms with Crippen molar-refractivity contribution in [2.75, 3.05) is 24.3 Å². The van der Waals surface area contributed by atoms with Crippen molar-refractivity contribution in [2.45, 2.75) is 18.4 Å². The number of thioether (sulfide) groups is 1. The van der Waals surface area contributed by atoms with Crippen LogP contribution < -0.4 is 5.32 Å². The molecule has 0 aromatic heterocycles. The molecule has 0 atom stereocenters. The molecule has 2 heterocycles. The lowest BCUT2D eigenvalue weighted by atomic mass is 9.93. The lowest BCUT2D eigenvalue weighted by Gasteiger charge is -2.29. The summed E-state index contributed by atoms with van der Waals surface area (Å²) in [7, 11) is 0. The normalized spacial score (nSPS) is 21.5. The number of amidine groups is 1. The molecule has 0 amide bonds. The predicted molar refractivity (Wildman–Crippen MR) is 88.1 cm³/mol. The van der Waals surface area contributed by atoms with Crippen molar-refractivity contribution in [1.29, 1.82) is 0 Å². The number of aliphatic imine (C=N–C) groups is 1. The molecule has 102 valence electrons. The molecule has 0 saturated carbocycles. The highest BCUT2D eigenvalue weighted by Gasteiger charge is 2.37. The number of nitrogens with one attached hydrogen (secondary N) is 1. The van der Waals surface area contributed by atoms with Crippen molar-refractivity contribution >= 4 is 54.5 Å². The van der Waals surface area contributed by atoms with Gasteiger partial charge in [0.1, 0.15) is 0 Å². The van der Waals surface area contributed by atoms with E-state index in [4.69, 9.17) is 9.73 Å². The number of hydrogen-bond acceptors (Lipinski definition) is 4. The van der Waals surface area contributed by atoms with Crippen molar-refractivity contribution in [3.8, 4) is 0 Å². The molecule has 2 aliphatic heterocycles. The Morgan fingerprint density at radius 2 is 2.05 bits per heavy atom. The maximum atomic E-state index is 5.43. The molecule has 3 rings (SSSR count). The zero-order chi connectivity index (χ0) is 13.3. The molecular weight excluding hydrogens is 392 g/mol. The van der Waals surface area contributed by atoms with Crippen molar-refractivity contribution in [3.63, 3.8) is 0 Å². The van der Waals surface area contributed by atoms with Crippen LogP contribution in [0.2, 0.25) is 0 Å². The molecule has 0 aliphatic carbocycles. The first-order valence-electron chi connectivity index (χ1n) is 6.19. The third-order valence-electron chi connectivity index (χ3n) is 3.41. The Kier molecular flexibility index (Phi) is 4.22. The predicted octanol–water partition coefficient (Wildman–Crippen LogP) is 4.28. The van der Waals surface area contributed by atoms with Crippen molar-refractivity contribution in [3.05, 3.63) is 27.1 Å². The van der Waals surface area contributed by atoms with Gasteiger partial charge in [-0.1, -0.05) is 27.7 Å². The third-order valence-corrected chi connectivity index (χ3v) is 5.71. The van der Waals surface area contributed by atoms with E-state index < -0.39 is 0 Å². The van der Waals surface area contributed by atoms with Gasteiger partial charge in [-0.05, 0) is 47.0 Å². The monoisotopic (exact) mass is 404 g/mol. The average molecular weight is 406 g/mol. The number of anilines is 1. The van der Waals surface area contributed by atoms with Crippen LogP contribution in [0.4, 0.5) is 5.69 Å². The maximum Gasteiger partial charge on any atom is 0.161 e. The topological polar surface area (TPSA) is 33.6 Å². The maximum absolute atomic E-state index is 5.43. The Labute approximate surface area is 133 Å². The van der Waals surface area contributed by atoms with Gasteiger partial charge < -0.3 is 10.1 Å². The molecule has 1 fully saturated rings. The van der Waals surface area contributed by atoms with Gasteiger partial charge in [-0.3, -0.25) is 4.99 Å². The number of nitrogens with zero attached hydrogens (tertiary/aromatic N) is 1. The molecule has 0 bridgehead atoms. The summed E-state index contributed by atoms with van der Waals surface area (Å²) in [5.74, 6) is 1.06. The van der Waals surface area contributed by atoms with Gasteiger partial charge in [0.2, 0.25) is 0 Å². The van der Waals surface area contributed by atoms with Gasteiger partial charge in [-0.25, -0.2) is 0 Å². The van der Waals surface area contributed by atoms with E-state index in [1.165, 1.54) is 0 Å². The molecule has 1 aromatic rings. The number of halogens is 2. The summed E-state index contributed by atoms with van der Waals surface area (Å²) in [4.78, 5) is 4.89. The van der Waals surface area contributed by atoms with Gasteiger partial charge in [0.05, 0.1) is 11.2 Å². The average Bonchev–Trinajstić information content (AvgIpc) is 2.77. The minimum absolute atomic E-state index is 0.104. The second-order valence-corrected chi connectivity index (χ2v) is 7.53. The summed E-state index contributed by atoms with van der Waals surface area (Å²) in [6.07, 6.45) is 2.07. The fourth-order valence-corrected chi connectivity index (χ4v) is 4.61. The van der Waals surface area contributed by atoms with Gasteiger partial charge in [0.25, 0.3) is 0 Å². The molecule has 1 aromatic carbocycles. The largest absolute Gasteiger partial charge is 0.381 e. The van der Waals surface area contributed by atoms with Crippen LogP contribution >= 0.6 is 43.6 Å². The van der Waals surface area contributed by atoms with E-state index in [1.54, 1.807) is 11.8 Å². The zero-order valence-corrected chi connectivity index (χ0v) is 14.3. The van der Waals surface area contributed by atoms with E-state index in [2.05, 4.69) is 37.2 Å². The summed E-state index contributed by atoms with van der Waals surface area (Å²) in [6, 6.07) is 6.11. The quantitative estimate of drug-likeness (QED) is 0.757.